The second-order valence-corrected chi connectivity index (χ2v) is 10.7. The van der Waals surface area contributed by atoms with Crippen LogP contribution in [0.5, 0.6) is 0 Å². The molecule has 0 radical (unpaired) electrons. The fourth-order valence-electron chi connectivity index (χ4n) is 5.77. The SMILES string of the molecule is CC[C@H]1O[C@@H](C(O)c2ccccc2Cc2ccccc2)[C@H](OCc2ccccc2)[C@@H](OCc2ccccc2)[C@@H]1C. The highest BCUT2D eigenvalue weighted by atomic mass is 16.6. The summed E-state index contributed by atoms with van der Waals surface area (Å²) in [5, 5.41) is 12.0. The van der Waals surface area contributed by atoms with Crippen LogP contribution in [0.4, 0.5) is 0 Å². The Kier molecular flexibility index (Phi) is 9.80. The van der Waals surface area contributed by atoms with Crippen LogP contribution >= 0.6 is 0 Å². The van der Waals surface area contributed by atoms with E-state index in [-0.39, 0.29) is 18.1 Å². The lowest BCUT2D eigenvalue weighted by molar-refractivity contribution is -0.253. The highest BCUT2D eigenvalue weighted by Crippen LogP contribution is 2.39. The second-order valence-electron chi connectivity index (χ2n) is 10.7. The Labute approximate surface area is 238 Å². The Morgan fingerprint density at radius 2 is 1.18 bits per heavy atom. The first-order valence-electron chi connectivity index (χ1n) is 14.4. The van der Waals surface area contributed by atoms with Crippen LogP contribution in [0.25, 0.3) is 0 Å². The molecule has 1 saturated heterocycles. The van der Waals surface area contributed by atoms with Gasteiger partial charge in [0, 0.05) is 5.92 Å². The quantitative estimate of drug-likeness (QED) is 0.219. The largest absolute Gasteiger partial charge is 0.386 e. The van der Waals surface area contributed by atoms with Crippen LogP contribution in [0.3, 0.4) is 0 Å². The van der Waals surface area contributed by atoms with Crippen LogP contribution in [0.1, 0.15) is 54.2 Å². The van der Waals surface area contributed by atoms with E-state index in [1.165, 1.54) is 5.56 Å². The molecule has 4 nitrogen and oxygen atoms in total. The van der Waals surface area contributed by atoms with E-state index in [4.69, 9.17) is 14.2 Å². The predicted octanol–water partition coefficient (Wildman–Crippen LogP) is 7.30. The van der Waals surface area contributed by atoms with E-state index < -0.39 is 18.3 Å². The number of ether oxygens (including phenoxy) is 3. The molecule has 0 amide bonds. The van der Waals surface area contributed by atoms with E-state index in [2.05, 4.69) is 56.3 Å². The summed E-state index contributed by atoms with van der Waals surface area (Å²) in [4.78, 5) is 0. The molecule has 0 spiro atoms. The molecule has 6 atom stereocenters. The molecule has 4 heteroatoms. The molecule has 5 rings (SSSR count). The van der Waals surface area contributed by atoms with E-state index in [0.29, 0.717) is 13.2 Å². The first-order valence-corrected chi connectivity index (χ1v) is 14.4. The van der Waals surface area contributed by atoms with Gasteiger partial charge in [-0.15, -0.1) is 0 Å². The fourth-order valence-corrected chi connectivity index (χ4v) is 5.77. The molecular weight excluding hydrogens is 496 g/mol. The van der Waals surface area contributed by atoms with Gasteiger partial charge < -0.3 is 19.3 Å². The zero-order valence-electron chi connectivity index (χ0n) is 23.4. The smallest absolute Gasteiger partial charge is 0.117 e. The third-order valence-electron chi connectivity index (χ3n) is 7.98. The molecule has 4 aromatic carbocycles. The van der Waals surface area contributed by atoms with Crippen LogP contribution in [0.2, 0.25) is 0 Å². The normalized spacial score (nSPS) is 23.5. The Morgan fingerprint density at radius 1 is 0.675 bits per heavy atom. The Balaban J connectivity index is 1.46. The summed E-state index contributed by atoms with van der Waals surface area (Å²) in [7, 11) is 0. The predicted molar refractivity (Wildman–Crippen MR) is 159 cm³/mol. The lowest BCUT2D eigenvalue weighted by Crippen LogP contribution is -2.57. The first-order chi connectivity index (χ1) is 19.6. The number of aliphatic hydroxyl groups excluding tert-OH is 1. The van der Waals surface area contributed by atoms with Crippen molar-refractivity contribution in [3.8, 4) is 0 Å². The Morgan fingerprint density at radius 3 is 1.75 bits per heavy atom. The lowest BCUT2D eigenvalue weighted by Gasteiger charge is -2.47. The Hall–Kier alpha value is -3.28. The van der Waals surface area contributed by atoms with Gasteiger partial charge in [-0.1, -0.05) is 129 Å². The molecule has 208 valence electrons. The van der Waals surface area contributed by atoms with Gasteiger partial charge in [0.05, 0.1) is 25.4 Å². The number of aliphatic hydroxyl groups is 1. The first kappa shape index (κ1) is 28.3. The van der Waals surface area contributed by atoms with Crippen LogP contribution in [0.15, 0.2) is 115 Å². The van der Waals surface area contributed by atoms with Gasteiger partial charge in [0.2, 0.25) is 0 Å². The minimum Gasteiger partial charge on any atom is -0.386 e. The maximum atomic E-state index is 12.0. The summed E-state index contributed by atoms with van der Waals surface area (Å²) < 4.78 is 20.0. The zero-order chi connectivity index (χ0) is 27.7. The summed E-state index contributed by atoms with van der Waals surface area (Å²) in [6.07, 6.45) is -0.652. The average Bonchev–Trinajstić information content (AvgIpc) is 3.01. The summed E-state index contributed by atoms with van der Waals surface area (Å²) >= 11 is 0. The molecule has 1 heterocycles. The van der Waals surface area contributed by atoms with Gasteiger partial charge in [0.25, 0.3) is 0 Å². The third kappa shape index (κ3) is 6.89. The van der Waals surface area contributed by atoms with Crippen molar-refractivity contribution in [1.82, 2.24) is 0 Å². The van der Waals surface area contributed by atoms with Gasteiger partial charge in [-0.05, 0) is 40.7 Å². The van der Waals surface area contributed by atoms with Crippen molar-refractivity contribution in [2.24, 2.45) is 5.92 Å². The number of benzene rings is 4. The summed E-state index contributed by atoms with van der Waals surface area (Å²) in [6, 6.07) is 38.9. The standard InChI is InChI=1S/C36H40O4/c1-3-32-26(2)34(38-24-28-17-9-5-10-18-28)36(39-25-29-19-11-6-12-20-29)35(40-32)33(37)31-22-14-13-21-30(31)23-27-15-7-4-8-16-27/h4-22,26,32-37H,3,23-25H2,1-2H3/t26-,32-,33?,34+,35+,36-/m1/s1. The van der Waals surface area contributed by atoms with Gasteiger partial charge >= 0.3 is 0 Å². The van der Waals surface area contributed by atoms with E-state index in [1.54, 1.807) is 0 Å². The molecule has 0 bridgehead atoms. The minimum atomic E-state index is -0.870. The average molecular weight is 537 g/mol. The summed E-state index contributed by atoms with van der Waals surface area (Å²) in [5.74, 6) is 0.0949. The second kappa shape index (κ2) is 13.9. The van der Waals surface area contributed by atoms with Crippen molar-refractivity contribution in [3.05, 3.63) is 143 Å². The maximum Gasteiger partial charge on any atom is 0.117 e. The van der Waals surface area contributed by atoms with Gasteiger partial charge in [-0.25, -0.2) is 0 Å². The van der Waals surface area contributed by atoms with Crippen molar-refractivity contribution in [1.29, 1.82) is 0 Å². The molecule has 0 aliphatic carbocycles. The van der Waals surface area contributed by atoms with Crippen LogP contribution < -0.4 is 0 Å². The molecule has 1 N–H and O–H groups in total. The van der Waals surface area contributed by atoms with Crippen LogP contribution in [0, 0.1) is 5.92 Å². The lowest BCUT2D eigenvalue weighted by atomic mass is 9.82. The zero-order valence-corrected chi connectivity index (χ0v) is 23.4. The molecule has 1 aliphatic heterocycles. The highest BCUT2D eigenvalue weighted by Gasteiger charge is 2.48. The van der Waals surface area contributed by atoms with Gasteiger partial charge in [0.15, 0.2) is 0 Å². The molecule has 4 aromatic rings. The van der Waals surface area contributed by atoms with Crippen LogP contribution in [-0.4, -0.2) is 29.5 Å². The molecule has 40 heavy (non-hydrogen) atoms. The number of rotatable bonds is 11. The number of hydrogen-bond donors (Lipinski definition) is 1. The molecular formula is C36H40O4. The highest BCUT2D eigenvalue weighted by molar-refractivity contribution is 5.35. The summed E-state index contributed by atoms with van der Waals surface area (Å²) in [5.41, 5.74) is 5.34. The van der Waals surface area contributed by atoms with E-state index >= 15 is 0 Å². The molecule has 1 aliphatic rings. The van der Waals surface area contributed by atoms with E-state index in [0.717, 1.165) is 35.1 Å². The minimum absolute atomic E-state index is 0.0571. The molecule has 0 saturated carbocycles. The maximum absolute atomic E-state index is 12.0. The van der Waals surface area contributed by atoms with Crippen molar-refractivity contribution in [3.63, 3.8) is 0 Å². The third-order valence-corrected chi connectivity index (χ3v) is 7.98. The Bertz CT molecular complexity index is 1290. The molecule has 1 fully saturated rings. The molecule has 1 unspecified atom stereocenters. The van der Waals surface area contributed by atoms with Crippen LogP contribution in [-0.2, 0) is 33.8 Å². The molecule has 0 aromatic heterocycles. The van der Waals surface area contributed by atoms with E-state index in [1.807, 2.05) is 72.8 Å². The van der Waals surface area contributed by atoms with Gasteiger partial charge in [-0.3, -0.25) is 0 Å². The van der Waals surface area contributed by atoms with Crippen molar-refractivity contribution >= 4 is 0 Å². The summed E-state index contributed by atoms with van der Waals surface area (Å²) in [6.45, 7) is 5.20. The van der Waals surface area contributed by atoms with Crippen molar-refractivity contribution in [2.45, 2.75) is 70.4 Å². The van der Waals surface area contributed by atoms with Crippen molar-refractivity contribution < 1.29 is 19.3 Å². The van der Waals surface area contributed by atoms with Gasteiger partial charge in [-0.2, -0.15) is 0 Å². The van der Waals surface area contributed by atoms with Crippen molar-refractivity contribution in [2.75, 3.05) is 0 Å². The van der Waals surface area contributed by atoms with E-state index in [9.17, 15) is 5.11 Å². The fraction of sp³-hybridized carbons (Fsp3) is 0.333. The monoisotopic (exact) mass is 536 g/mol. The van der Waals surface area contributed by atoms with Gasteiger partial charge in [0.1, 0.15) is 18.3 Å². The number of hydrogen-bond acceptors (Lipinski definition) is 4. The topological polar surface area (TPSA) is 47.9 Å².